The van der Waals surface area contributed by atoms with Crippen molar-refractivity contribution in [1.82, 2.24) is 14.9 Å². The number of aromatic nitrogens is 2. The van der Waals surface area contributed by atoms with Gasteiger partial charge in [0.15, 0.2) is 0 Å². The molecule has 7 nitrogen and oxygen atoms in total. The molecule has 1 unspecified atom stereocenters. The van der Waals surface area contributed by atoms with E-state index in [1.807, 2.05) is 35.2 Å². The molecule has 4 rings (SSSR count). The smallest absolute Gasteiger partial charge is 0.239 e. The van der Waals surface area contributed by atoms with Gasteiger partial charge in [-0.05, 0) is 18.6 Å². The topological polar surface area (TPSA) is 69.6 Å². The Morgan fingerprint density at radius 3 is 2.46 bits per heavy atom. The first-order chi connectivity index (χ1) is 12.7. The molecule has 134 valence electrons. The van der Waals surface area contributed by atoms with Crippen molar-refractivity contribution in [2.75, 3.05) is 42.5 Å². The summed E-state index contributed by atoms with van der Waals surface area (Å²) in [6.45, 7) is 3.20. The Morgan fingerprint density at radius 2 is 1.77 bits per heavy atom. The molecule has 7 heteroatoms. The molecule has 1 aromatic carbocycles. The van der Waals surface area contributed by atoms with Crippen LogP contribution in [0.5, 0.6) is 0 Å². The summed E-state index contributed by atoms with van der Waals surface area (Å²) < 4.78 is 0. The molecule has 2 aromatic rings. The van der Waals surface area contributed by atoms with Crippen molar-refractivity contribution in [3.8, 4) is 0 Å². The fourth-order valence-electron chi connectivity index (χ4n) is 3.60. The minimum atomic E-state index is -0.557. The summed E-state index contributed by atoms with van der Waals surface area (Å²) in [7, 11) is 0. The maximum atomic E-state index is 12.9. The maximum Gasteiger partial charge on any atom is 0.239 e. The highest BCUT2D eigenvalue weighted by atomic mass is 16.2. The number of rotatable bonds is 3. The van der Waals surface area contributed by atoms with Crippen LogP contribution in [0.3, 0.4) is 0 Å². The van der Waals surface area contributed by atoms with E-state index in [0.717, 1.165) is 11.5 Å². The van der Waals surface area contributed by atoms with Crippen molar-refractivity contribution in [3.63, 3.8) is 0 Å². The van der Waals surface area contributed by atoms with Gasteiger partial charge in [-0.2, -0.15) is 0 Å². The zero-order chi connectivity index (χ0) is 17.9. The Hall–Kier alpha value is -2.96. The Kier molecular flexibility index (Phi) is 4.51. The van der Waals surface area contributed by atoms with E-state index in [1.54, 1.807) is 23.5 Å². The number of anilines is 2. The number of benzene rings is 1. The van der Waals surface area contributed by atoms with Gasteiger partial charge in [0.25, 0.3) is 0 Å². The Labute approximate surface area is 152 Å². The highest BCUT2D eigenvalue weighted by Crippen LogP contribution is 2.26. The summed E-state index contributed by atoms with van der Waals surface area (Å²) >= 11 is 0. The highest BCUT2D eigenvalue weighted by molar-refractivity contribution is 6.09. The number of amides is 2. The van der Waals surface area contributed by atoms with Crippen molar-refractivity contribution in [2.45, 2.75) is 6.42 Å². The van der Waals surface area contributed by atoms with Gasteiger partial charge in [-0.3, -0.25) is 14.6 Å². The van der Waals surface area contributed by atoms with Crippen LogP contribution in [0, 0.1) is 5.92 Å². The molecule has 0 bridgehead atoms. The average Bonchev–Trinajstić information content (AvgIpc) is 3.10. The molecule has 0 N–H and O–H groups in total. The van der Waals surface area contributed by atoms with Crippen LogP contribution in [0.2, 0.25) is 0 Å². The number of para-hydroxylation sites is 1. The zero-order valence-electron chi connectivity index (χ0n) is 14.5. The SMILES string of the molecule is O=C(C1CCN(c2ccccc2)C1=O)N1CCN(c2cnccn2)CC1. The lowest BCUT2D eigenvalue weighted by molar-refractivity contribution is -0.140. The van der Waals surface area contributed by atoms with E-state index < -0.39 is 5.92 Å². The molecule has 0 spiro atoms. The molecule has 0 saturated carbocycles. The third-order valence-electron chi connectivity index (χ3n) is 5.04. The number of hydrogen-bond acceptors (Lipinski definition) is 5. The second kappa shape index (κ2) is 7.11. The van der Waals surface area contributed by atoms with Gasteiger partial charge in [0.05, 0.1) is 6.20 Å². The molecular formula is C19H21N5O2. The normalized spacial score (nSPS) is 20.5. The van der Waals surface area contributed by atoms with Crippen LogP contribution in [-0.2, 0) is 9.59 Å². The number of nitrogens with zero attached hydrogens (tertiary/aromatic N) is 5. The third kappa shape index (κ3) is 3.12. The van der Waals surface area contributed by atoms with Crippen molar-refractivity contribution >= 4 is 23.3 Å². The summed E-state index contributed by atoms with van der Waals surface area (Å²) in [5, 5.41) is 0. The summed E-state index contributed by atoms with van der Waals surface area (Å²) in [5.41, 5.74) is 0.861. The third-order valence-corrected chi connectivity index (χ3v) is 5.04. The van der Waals surface area contributed by atoms with Gasteiger partial charge in [-0.15, -0.1) is 0 Å². The fraction of sp³-hybridized carbons (Fsp3) is 0.368. The minimum absolute atomic E-state index is 0.0489. The molecule has 0 aliphatic carbocycles. The van der Waals surface area contributed by atoms with Crippen molar-refractivity contribution in [1.29, 1.82) is 0 Å². The predicted molar refractivity (Wildman–Crippen MR) is 97.7 cm³/mol. The monoisotopic (exact) mass is 351 g/mol. The molecule has 26 heavy (non-hydrogen) atoms. The van der Waals surface area contributed by atoms with Crippen LogP contribution >= 0.6 is 0 Å². The standard InChI is InChI=1S/C19H21N5O2/c25-18(16-6-9-24(19(16)26)15-4-2-1-3-5-15)23-12-10-22(11-13-23)17-14-20-7-8-21-17/h1-5,7-8,14,16H,6,9-13H2. The van der Waals surface area contributed by atoms with Crippen molar-refractivity contribution in [2.24, 2.45) is 5.92 Å². The van der Waals surface area contributed by atoms with Crippen LogP contribution < -0.4 is 9.80 Å². The van der Waals surface area contributed by atoms with E-state index in [1.165, 1.54) is 0 Å². The van der Waals surface area contributed by atoms with Crippen LogP contribution in [-0.4, -0.2) is 59.4 Å². The van der Waals surface area contributed by atoms with Gasteiger partial charge in [-0.25, -0.2) is 4.98 Å². The molecule has 1 aromatic heterocycles. The molecule has 2 fully saturated rings. The maximum absolute atomic E-state index is 12.9. The van der Waals surface area contributed by atoms with E-state index in [9.17, 15) is 9.59 Å². The summed E-state index contributed by atoms with van der Waals surface area (Å²) in [6, 6.07) is 9.55. The van der Waals surface area contributed by atoms with E-state index in [4.69, 9.17) is 0 Å². The lowest BCUT2D eigenvalue weighted by Crippen LogP contribution is -2.51. The van der Waals surface area contributed by atoms with Gasteiger partial charge in [0.2, 0.25) is 11.8 Å². The number of hydrogen-bond donors (Lipinski definition) is 0. The van der Waals surface area contributed by atoms with Gasteiger partial charge in [0, 0.05) is 50.8 Å². The quantitative estimate of drug-likeness (QED) is 0.777. The average molecular weight is 351 g/mol. The first-order valence-corrected chi connectivity index (χ1v) is 8.90. The lowest BCUT2D eigenvalue weighted by Gasteiger charge is -2.36. The van der Waals surface area contributed by atoms with Gasteiger partial charge >= 0.3 is 0 Å². The van der Waals surface area contributed by atoms with Crippen LogP contribution in [0.25, 0.3) is 0 Å². The van der Waals surface area contributed by atoms with E-state index >= 15 is 0 Å². The van der Waals surface area contributed by atoms with Crippen molar-refractivity contribution < 1.29 is 9.59 Å². The van der Waals surface area contributed by atoms with Crippen LogP contribution in [0.4, 0.5) is 11.5 Å². The highest BCUT2D eigenvalue weighted by Gasteiger charge is 2.40. The van der Waals surface area contributed by atoms with Gasteiger partial charge in [0.1, 0.15) is 11.7 Å². The van der Waals surface area contributed by atoms with Gasteiger partial charge < -0.3 is 14.7 Å². The van der Waals surface area contributed by atoms with E-state index in [0.29, 0.717) is 39.1 Å². The molecular weight excluding hydrogens is 330 g/mol. The zero-order valence-corrected chi connectivity index (χ0v) is 14.5. The summed E-state index contributed by atoms with van der Waals surface area (Å²) in [6.07, 6.45) is 5.63. The molecule has 2 saturated heterocycles. The Balaban J connectivity index is 1.38. The summed E-state index contributed by atoms with van der Waals surface area (Å²) in [4.78, 5) is 39.6. The number of carbonyl (C=O) groups excluding carboxylic acids is 2. The largest absolute Gasteiger partial charge is 0.352 e. The molecule has 2 aliphatic heterocycles. The molecule has 3 heterocycles. The second-order valence-corrected chi connectivity index (χ2v) is 6.54. The minimum Gasteiger partial charge on any atom is -0.352 e. The number of piperazine rings is 1. The predicted octanol–water partition coefficient (Wildman–Crippen LogP) is 1.18. The van der Waals surface area contributed by atoms with Gasteiger partial charge in [-0.1, -0.05) is 18.2 Å². The summed E-state index contributed by atoms with van der Waals surface area (Å²) in [5.74, 6) is 0.134. The number of carbonyl (C=O) groups is 2. The Bertz CT molecular complexity index is 775. The van der Waals surface area contributed by atoms with E-state index in [2.05, 4.69) is 14.9 Å². The molecule has 1 atom stereocenters. The first-order valence-electron chi connectivity index (χ1n) is 8.90. The molecule has 2 amide bonds. The van der Waals surface area contributed by atoms with Crippen LogP contribution in [0.15, 0.2) is 48.9 Å². The van der Waals surface area contributed by atoms with E-state index in [-0.39, 0.29) is 11.8 Å². The fourth-order valence-corrected chi connectivity index (χ4v) is 3.60. The first kappa shape index (κ1) is 16.5. The lowest BCUT2D eigenvalue weighted by atomic mass is 10.1. The molecule has 2 aliphatic rings. The van der Waals surface area contributed by atoms with Crippen LogP contribution in [0.1, 0.15) is 6.42 Å². The molecule has 0 radical (unpaired) electrons. The second-order valence-electron chi connectivity index (χ2n) is 6.54. The Morgan fingerprint density at radius 1 is 1.00 bits per heavy atom. The van der Waals surface area contributed by atoms with Crippen molar-refractivity contribution in [3.05, 3.63) is 48.9 Å².